The molecule has 0 saturated carbocycles. The topological polar surface area (TPSA) is 49.3 Å². The van der Waals surface area contributed by atoms with Crippen molar-refractivity contribution < 1.29 is 5.11 Å². The van der Waals surface area contributed by atoms with Crippen molar-refractivity contribution in [3.63, 3.8) is 0 Å². The summed E-state index contributed by atoms with van der Waals surface area (Å²) < 4.78 is 0. The van der Waals surface area contributed by atoms with Crippen LogP contribution in [0.25, 0.3) is 10.9 Å². The van der Waals surface area contributed by atoms with Gasteiger partial charge in [-0.15, -0.1) is 0 Å². The third-order valence-corrected chi connectivity index (χ3v) is 4.83. The van der Waals surface area contributed by atoms with Crippen LogP contribution in [0.4, 0.5) is 0 Å². The second-order valence-corrected chi connectivity index (χ2v) is 6.36. The van der Waals surface area contributed by atoms with E-state index in [0.29, 0.717) is 5.52 Å². The molecule has 4 heteroatoms. The highest BCUT2D eigenvalue weighted by atomic mass is 16.3. The molecule has 0 aliphatic carbocycles. The van der Waals surface area contributed by atoms with Crippen molar-refractivity contribution in [1.82, 2.24) is 14.9 Å². The Balaban J connectivity index is 1.85. The van der Waals surface area contributed by atoms with Gasteiger partial charge in [-0.2, -0.15) is 0 Å². The first-order chi connectivity index (χ1) is 11.8. The van der Waals surface area contributed by atoms with E-state index < -0.39 is 0 Å². The Hall–Kier alpha value is -2.46. The Labute approximate surface area is 141 Å². The number of hydrogen-bond acceptors (Lipinski definition) is 4. The zero-order chi connectivity index (χ0) is 16.4. The number of piperidine rings is 1. The van der Waals surface area contributed by atoms with Gasteiger partial charge >= 0.3 is 0 Å². The van der Waals surface area contributed by atoms with Gasteiger partial charge in [-0.25, -0.2) is 0 Å². The zero-order valence-electron chi connectivity index (χ0n) is 13.6. The fourth-order valence-electron chi connectivity index (χ4n) is 3.67. The highest BCUT2D eigenvalue weighted by Crippen LogP contribution is 2.38. The molecule has 1 atom stereocenters. The van der Waals surface area contributed by atoms with E-state index in [9.17, 15) is 5.11 Å². The first-order valence-corrected chi connectivity index (χ1v) is 8.55. The Morgan fingerprint density at radius 2 is 1.79 bits per heavy atom. The average molecular weight is 319 g/mol. The summed E-state index contributed by atoms with van der Waals surface area (Å²) in [4.78, 5) is 11.1. The second-order valence-electron chi connectivity index (χ2n) is 6.36. The average Bonchev–Trinajstić information content (AvgIpc) is 2.66. The van der Waals surface area contributed by atoms with E-state index in [1.165, 1.54) is 19.3 Å². The largest absolute Gasteiger partial charge is 0.505 e. The molecule has 24 heavy (non-hydrogen) atoms. The molecule has 1 N–H and O–H groups in total. The summed E-state index contributed by atoms with van der Waals surface area (Å²) in [7, 11) is 0. The van der Waals surface area contributed by atoms with Gasteiger partial charge in [-0.05, 0) is 43.6 Å². The predicted octanol–water partition coefficient (Wildman–Crippen LogP) is 3.91. The minimum Gasteiger partial charge on any atom is -0.505 e. The summed E-state index contributed by atoms with van der Waals surface area (Å²) in [6.07, 6.45) is 9.10. The minimum absolute atomic E-state index is 0.0189. The van der Waals surface area contributed by atoms with Gasteiger partial charge in [0.2, 0.25) is 0 Å². The normalized spacial score (nSPS) is 17.0. The number of fused-ring (bicyclic) bond motifs is 1. The van der Waals surface area contributed by atoms with Crippen molar-refractivity contribution in [1.29, 1.82) is 0 Å². The first kappa shape index (κ1) is 15.1. The monoisotopic (exact) mass is 319 g/mol. The van der Waals surface area contributed by atoms with Gasteiger partial charge in [0, 0.05) is 29.5 Å². The molecule has 0 bridgehead atoms. The molecule has 3 heterocycles. The van der Waals surface area contributed by atoms with E-state index in [1.54, 1.807) is 12.4 Å². The highest BCUT2D eigenvalue weighted by molar-refractivity contribution is 5.85. The van der Waals surface area contributed by atoms with Crippen molar-refractivity contribution in [2.24, 2.45) is 0 Å². The molecule has 4 rings (SSSR count). The van der Waals surface area contributed by atoms with Gasteiger partial charge in [0.05, 0.1) is 6.04 Å². The molecule has 122 valence electrons. The van der Waals surface area contributed by atoms with Crippen molar-refractivity contribution in [2.75, 3.05) is 13.1 Å². The molecule has 0 spiro atoms. The Morgan fingerprint density at radius 1 is 0.958 bits per heavy atom. The Bertz CT molecular complexity index is 829. The molecule has 1 aromatic carbocycles. The van der Waals surface area contributed by atoms with Crippen molar-refractivity contribution >= 4 is 10.9 Å². The summed E-state index contributed by atoms with van der Waals surface area (Å²) in [5.74, 6) is 0.285. The number of phenols is 1. The number of hydrogen-bond donors (Lipinski definition) is 1. The number of nitrogens with zero attached hydrogens (tertiary/aromatic N) is 3. The number of phenolic OH excluding ortho intramolecular Hbond substituents is 1. The van der Waals surface area contributed by atoms with Gasteiger partial charge in [-0.1, -0.05) is 30.7 Å². The zero-order valence-corrected chi connectivity index (χ0v) is 13.6. The first-order valence-electron chi connectivity index (χ1n) is 8.55. The third kappa shape index (κ3) is 2.74. The highest BCUT2D eigenvalue weighted by Gasteiger charge is 2.27. The van der Waals surface area contributed by atoms with E-state index in [1.807, 2.05) is 36.5 Å². The predicted molar refractivity (Wildman–Crippen MR) is 94.9 cm³/mol. The summed E-state index contributed by atoms with van der Waals surface area (Å²) in [6, 6.07) is 12.0. The van der Waals surface area contributed by atoms with Crippen LogP contribution in [-0.2, 0) is 0 Å². The SMILES string of the molecule is Oc1c(C(c2cccnc2)N2CCCCC2)ccc2cccnc12. The lowest BCUT2D eigenvalue weighted by Gasteiger charge is -2.35. The van der Waals surface area contributed by atoms with Crippen molar-refractivity contribution in [2.45, 2.75) is 25.3 Å². The molecule has 1 unspecified atom stereocenters. The lowest BCUT2D eigenvalue weighted by atomic mass is 9.94. The van der Waals surface area contributed by atoms with Crippen LogP contribution in [0.15, 0.2) is 55.0 Å². The maximum atomic E-state index is 10.9. The standard InChI is InChI=1S/C20H21N3O/c24-20-17(9-8-15-6-5-11-22-18(15)20)19(16-7-4-10-21-14-16)23-12-2-1-3-13-23/h4-11,14,19,24H,1-3,12-13H2. The molecular weight excluding hydrogens is 298 g/mol. The number of aromatic hydroxyl groups is 1. The summed E-state index contributed by atoms with van der Waals surface area (Å²) in [6.45, 7) is 2.08. The van der Waals surface area contributed by atoms with Crippen molar-refractivity contribution in [3.8, 4) is 5.75 Å². The summed E-state index contributed by atoms with van der Waals surface area (Å²) in [5.41, 5.74) is 2.70. The summed E-state index contributed by atoms with van der Waals surface area (Å²) in [5, 5.41) is 11.9. The number of rotatable bonds is 3. The lowest BCUT2D eigenvalue weighted by molar-refractivity contribution is 0.185. The fourth-order valence-corrected chi connectivity index (χ4v) is 3.67. The van der Waals surface area contributed by atoms with Crippen molar-refractivity contribution in [3.05, 3.63) is 66.1 Å². The molecule has 1 fully saturated rings. The smallest absolute Gasteiger partial charge is 0.146 e. The molecule has 1 saturated heterocycles. The van der Waals surface area contributed by atoms with Crippen LogP contribution in [0.3, 0.4) is 0 Å². The molecule has 1 aliphatic heterocycles. The maximum absolute atomic E-state index is 10.9. The van der Waals surface area contributed by atoms with Gasteiger partial charge in [0.15, 0.2) is 0 Å². The van der Waals surface area contributed by atoms with Gasteiger partial charge < -0.3 is 5.11 Å². The molecule has 0 amide bonds. The number of likely N-dealkylation sites (tertiary alicyclic amines) is 1. The molecule has 2 aromatic heterocycles. The minimum atomic E-state index is 0.0189. The fraction of sp³-hybridized carbons (Fsp3) is 0.300. The van der Waals surface area contributed by atoms with Crippen LogP contribution in [-0.4, -0.2) is 33.1 Å². The Kier molecular flexibility index (Phi) is 4.13. The lowest BCUT2D eigenvalue weighted by Crippen LogP contribution is -2.34. The van der Waals surface area contributed by atoms with Crippen LogP contribution in [0.1, 0.15) is 36.4 Å². The van der Waals surface area contributed by atoms with Gasteiger partial charge in [0.1, 0.15) is 11.3 Å². The van der Waals surface area contributed by atoms with Crippen LogP contribution < -0.4 is 0 Å². The number of benzene rings is 1. The third-order valence-electron chi connectivity index (χ3n) is 4.83. The van der Waals surface area contributed by atoms with Crippen LogP contribution in [0.2, 0.25) is 0 Å². The molecular formula is C20H21N3O. The molecule has 0 radical (unpaired) electrons. The van der Waals surface area contributed by atoms with Crippen LogP contribution in [0.5, 0.6) is 5.75 Å². The summed E-state index contributed by atoms with van der Waals surface area (Å²) >= 11 is 0. The van der Waals surface area contributed by atoms with E-state index in [0.717, 1.165) is 29.6 Å². The second kappa shape index (κ2) is 6.57. The van der Waals surface area contributed by atoms with E-state index in [4.69, 9.17) is 0 Å². The van der Waals surface area contributed by atoms with Gasteiger partial charge in [-0.3, -0.25) is 14.9 Å². The molecule has 4 nitrogen and oxygen atoms in total. The quantitative estimate of drug-likeness (QED) is 0.795. The van der Waals surface area contributed by atoms with E-state index >= 15 is 0 Å². The maximum Gasteiger partial charge on any atom is 0.146 e. The van der Waals surface area contributed by atoms with Crippen LogP contribution >= 0.6 is 0 Å². The number of aromatic nitrogens is 2. The molecule has 3 aromatic rings. The van der Waals surface area contributed by atoms with E-state index in [2.05, 4.69) is 20.9 Å². The molecule has 1 aliphatic rings. The van der Waals surface area contributed by atoms with Crippen LogP contribution in [0, 0.1) is 0 Å². The number of pyridine rings is 2. The Morgan fingerprint density at radius 3 is 2.58 bits per heavy atom. The van der Waals surface area contributed by atoms with E-state index in [-0.39, 0.29) is 11.8 Å². The van der Waals surface area contributed by atoms with Gasteiger partial charge in [0.25, 0.3) is 0 Å².